The van der Waals surface area contributed by atoms with Crippen LogP contribution in [-0.4, -0.2) is 380 Å². The molecule has 10 unspecified atom stereocenters. The molecule has 8 aliphatic rings. The first-order valence-corrected chi connectivity index (χ1v) is 43.3. The van der Waals surface area contributed by atoms with Crippen molar-refractivity contribution in [3.8, 4) is 0 Å². The summed E-state index contributed by atoms with van der Waals surface area (Å²) < 4.78 is 122. The molecule has 8 fully saturated rings. The lowest BCUT2D eigenvalue weighted by atomic mass is 9.85. The zero-order chi connectivity index (χ0) is 87.2. The van der Waals surface area contributed by atoms with Gasteiger partial charge in [0.15, 0.2) is 49.6 Å². The van der Waals surface area contributed by atoms with Gasteiger partial charge in [0.05, 0.1) is 168 Å². The Hall–Kier alpha value is -4.96. The van der Waals surface area contributed by atoms with Crippen LogP contribution in [0, 0.1) is 23.7 Å². The molecule has 2 aromatic heterocycles. The monoisotopic (exact) mass is 1750 g/mol. The first-order valence-electron chi connectivity index (χ1n) is 43.3. The van der Waals surface area contributed by atoms with Crippen LogP contribution in [0.3, 0.4) is 0 Å². The standard InChI is InChI=1S/C80H132N6O36/c1-45-13-11-19-53(69(45)121-77-67(97)65(95)61(91)47(3)111-77)115-79-73(71(63(93)57(41-87)117-79)113-55(75(99)100)35-49-15-7-5-8-16-49)119-59(89)39-85-37-51(81-83-85)43-109-33-31-107-29-27-105-25-23-103-21-22-104-24-26-106-28-30-108-32-34-110-44-52-38-86(84-82-52)40-60(90)120-74-72(114-56(76(101)102)36-50-17-9-6-10-18-50)64(94)58(42-88)118-80(74)116-54-20-12-14-46(2)70(54)122-78-68(98)66(96)62(92)48(4)112-78/h37-38,45-50,53-58,61-74,77-80,87-88,91-98H,5-36,39-44H2,1-4H3,(H,99,100)(H,101,102)/t45?,46?,47?,48?,53-,54-,55+,56+,57+,58+,61-,62-,63+,64+,65+,66+,67?,68?,69-,70-,71?,72?,73?,74?,77+,78+,79-,80-/m1/s1. The largest absolute Gasteiger partial charge is 0.479 e. The first-order chi connectivity index (χ1) is 58.9. The van der Waals surface area contributed by atoms with Crippen LogP contribution in [0.4, 0.5) is 0 Å². The fourth-order valence-corrected chi connectivity index (χ4v) is 16.8. The van der Waals surface area contributed by atoms with Crippen LogP contribution in [0.15, 0.2) is 12.4 Å². The highest BCUT2D eigenvalue weighted by atomic mass is 16.8. The molecule has 0 aromatic carbocycles. The lowest BCUT2D eigenvalue weighted by molar-refractivity contribution is -0.349. The van der Waals surface area contributed by atoms with Crippen molar-refractivity contribution in [3.05, 3.63) is 23.8 Å². The van der Waals surface area contributed by atoms with Crippen molar-refractivity contribution in [2.75, 3.05) is 106 Å². The second-order valence-electron chi connectivity index (χ2n) is 33.0. The fraction of sp³-hybridized carbons (Fsp3) is 0.900. The zero-order valence-electron chi connectivity index (χ0n) is 70.2. The van der Waals surface area contributed by atoms with Gasteiger partial charge in [-0.2, -0.15) is 0 Å². The number of aliphatic hydroxyl groups excluding tert-OH is 10. The highest BCUT2D eigenvalue weighted by molar-refractivity contribution is 5.73. The molecule has 0 bridgehead atoms. The van der Waals surface area contributed by atoms with E-state index in [4.69, 9.17) is 94.7 Å². The first kappa shape index (κ1) is 99.2. The van der Waals surface area contributed by atoms with E-state index in [1.54, 1.807) is 0 Å². The van der Waals surface area contributed by atoms with E-state index in [1.807, 2.05) is 13.8 Å². The summed E-state index contributed by atoms with van der Waals surface area (Å²) in [7, 11) is 0. The second kappa shape index (κ2) is 51.3. The SMILES string of the molecule is CC1O[C@@H](O[C@@H]2C(C)CCC[C@H]2O[C@@H]2O[C@@H](CO)[C@H](O)C(O[C@@H](CC3CCCCC3)C(=O)O)C2OC(=O)Cn2cc(COCCOCCOCCOCCOCCOCCOCCOCc3cn(CC(=O)OC4C(O[C@@H](CC5CCCCC5)C(=O)O)[C@@H](O)[C@H](CO)O[C@H]4O[C@@H]4CCCC(C)[C@H]4O[C@@H]4OC(C)[C@@H](O)[C@H](O)C4O)nn3)nn2)C(O)[C@@H](O)[C@@H]1O. The number of aliphatic hydroxyl groups is 10. The Bertz CT molecular complexity index is 3120. The Morgan fingerprint density at radius 3 is 1.05 bits per heavy atom. The highest BCUT2D eigenvalue weighted by Gasteiger charge is 2.56. The van der Waals surface area contributed by atoms with E-state index in [-0.39, 0.29) is 76.2 Å². The maximum atomic E-state index is 14.0. The molecular formula is C80H132N6O36. The van der Waals surface area contributed by atoms with E-state index in [9.17, 15) is 80.5 Å². The van der Waals surface area contributed by atoms with E-state index in [0.717, 1.165) is 64.2 Å². The minimum atomic E-state index is -1.69. The summed E-state index contributed by atoms with van der Waals surface area (Å²) in [6, 6.07) is 0. The van der Waals surface area contributed by atoms with Crippen LogP contribution < -0.4 is 0 Å². The highest BCUT2D eigenvalue weighted by Crippen LogP contribution is 2.41. The zero-order valence-corrected chi connectivity index (χ0v) is 70.2. The number of aromatic nitrogens is 6. The third-order valence-electron chi connectivity index (χ3n) is 23.7. The van der Waals surface area contributed by atoms with Crippen LogP contribution in [0.2, 0.25) is 0 Å². The molecule has 4 aliphatic heterocycles. The minimum absolute atomic E-state index is 0.0174. The molecule has 0 radical (unpaired) electrons. The van der Waals surface area contributed by atoms with Crippen LogP contribution in [-0.2, 0) is 140 Å². The van der Waals surface area contributed by atoms with Crippen molar-refractivity contribution < 1.29 is 175 Å². The summed E-state index contributed by atoms with van der Waals surface area (Å²) in [5.41, 5.74) is 0.748. The molecule has 6 heterocycles. The van der Waals surface area contributed by atoms with Gasteiger partial charge in [-0.25, -0.2) is 19.0 Å². The quantitative estimate of drug-likeness (QED) is 0.0283. The molecule has 12 N–H and O–H groups in total. The fourth-order valence-electron chi connectivity index (χ4n) is 16.8. The maximum Gasteiger partial charge on any atom is 0.332 e. The Kier molecular flexibility index (Phi) is 41.7. The lowest BCUT2D eigenvalue weighted by Gasteiger charge is -2.47. The molecule has 2 aromatic rings. The van der Waals surface area contributed by atoms with Crippen LogP contribution in [0.5, 0.6) is 0 Å². The predicted molar refractivity (Wildman–Crippen MR) is 413 cm³/mol. The Balaban J connectivity index is 0.565. The normalized spacial score (nSPS) is 34.4. The van der Waals surface area contributed by atoms with Gasteiger partial charge in [-0.15, -0.1) is 10.2 Å². The minimum Gasteiger partial charge on any atom is -0.479 e. The van der Waals surface area contributed by atoms with Gasteiger partial charge >= 0.3 is 23.9 Å². The van der Waals surface area contributed by atoms with E-state index >= 15 is 0 Å². The van der Waals surface area contributed by atoms with Crippen molar-refractivity contribution in [3.63, 3.8) is 0 Å². The van der Waals surface area contributed by atoms with Gasteiger partial charge in [-0.3, -0.25) is 9.59 Å². The molecule has 10 rings (SSSR count). The molecule has 0 amide bonds. The number of carbonyl (C=O) groups is 4. The van der Waals surface area contributed by atoms with Gasteiger partial charge in [0.2, 0.25) is 0 Å². The van der Waals surface area contributed by atoms with E-state index in [2.05, 4.69) is 20.6 Å². The Morgan fingerprint density at radius 1 is 0.385 bits per heavy atom. The van der Waals surface area contributed by atoms with Crippen LogP contribution >= 0.6 is 0 Å². The maximum absolute atomic E-state index is 14.0. The molecule has 698 valence electrons. The number of aliphatic carboxylic acids is 2. The molecule has 4 saturated carbocycles. The van der Waals surface area contributed by atoms with Crippen LogP contribution in [0.1, 0.15) is 155 Å². The average molecular weight is 1750 g/mol. The molecule has 4 aliphatic carbocycles. The summed E-state index contributed by atoms with van der Waals surface area (Å²) in [5.74, 6) is -4.76. The smallest absolute Gasteiger partial charge is 0.332 e. The Morgan fingerprint density at radius 2 is 0.721 bits per heavy atom. The number of rotatable bonds is 51. The van der Waals surface area contributed by atoms with Crippen molar-refractivity contribution in [1.29, 1.82) is 0 Å². The summed E-state index contributed by atoms with van der Waals surface area (Å²) in [6.45, 7) is 8.47. The third kappa shape index (κ3) is 29.8. The molecule has 0 spiro atoms. The topological polar surface area (TPSA) is 557 Å². The number of hydrogen-bond acceptors (Lipinski definition) is 38. The number of esters is 2. The average Bonchev–Trinajstić information content (AvgIpc) is 0.843. The van der Waals surface area contributed by atoms with Crippen molar-refractivity contribution in [2.24, 2.45) is 23.7 Å². The molecular weight excluding hydrogens is 1620 g/mol. The summed E-state index contributed by atoms with van der Waals surface area (Å²) >= 11 is 0. The van der Waals surface area contributed by atoms with Gasteiger partial charge in [0.25, 0.3) is 0 Å². The number of ether oxygens (including phenoxy) is 20. The lowest BCUT2D eigenvalue weighted by Crippen LogP contribution is -2.64. The summed E-state index contributed by atoms with van der Waals surface area (Å²) in [4.78, 5) is 53.6. The van der Waals surface area contributed by atoms with Crippen molar-refractivity contribution in [1.82, 2.24) is 30.0 Å². The van der Waals surface area contributed by atoms with E-state index in [0.29, 0.717) is 116 Å². The number of hydrogen-bond donors (Lipinski definition) is 12. The number of carboxylic acid groups (broad SMARTS) is 2. The van der Waals surface area contributed by atoms with Crippen LogP contribution in [0.25, 0.3) is 0 Å². The number of nitrogens with zero attached hydrogens (tertiary/aromatic N) is 6. The molecule has 42 heteroatoms. The molecule has 4 saturated heterocycles. The summed E-state index contributed by atoms with van der Waals surface area (Å²) in [5, 5.41) is 145. The molecule has 122 heavy (non-hydrogen) atoms. The van der Waals surface area contributed by atoms with Gasteiger partial charge in [0.1, 0.15) is 97.7 Å². The Labute approximate surface area is 708 Å². The summed E-state index contributed by atoms with van der Waals surface area (Å²) in [6.07, 6.45) is -19.9. The second-order valence-corrected chi connectivity index (χ2v) is 33.0. The van der Waals surface area contributed by atoms with Crippen molar-refractivity contribution >= 4 is 23.9 Å². The van der Waals surface area contributed by atoms with Crippen molar-refractivity contribution in [2.45, 2.75) is 329 Å². The van der Waals surface area contributed by atoms with Gasteiger partial charge in [0, 0.05) is 0 Å². The number of carboxylic acids is 2. The predicted octanol–water partition coefficient (Wildman–Crippen LogP) is -0.864. The van der Waals surface area contributed by atoms with E-state index < -0.39 is 210 Å². The van der Waals surface area contributed by atoms with E-state index in [1.165, 1.54) is 35.6 Å². The van der Waals surface area contributed by atoms with Gasteiger partial charge < -0.3 is 156 Å². The molecule has 28 atom stereocenters. The van der Waals surface area contributed by atoms with Gasteiger partial charge in [-0.05, 0) is 76.0 Å². The molecule has 42 nitrogen and oxygen atoms in total. The van der Waals surface area contributed by atoms with Gasteiger partial charge in [-0.1, -0.05) is 101 Å². The third-order valence-corrected chi connectivity index (χ3v) is 23.7. The number of carbonyl (C=O) groups excluding carboxylic acids is 2.